The topological polar surface area (TPSA) is 47.9 Å². The second-order valence-electron chi connectivity index (χ2n) is 7.00. The minimum atomic E-state index is -0.979. The summed E-state index contributed by atoms with van der Waals surface area (Å²) in [4.78, 5) is 15.7. The first-order valence-corrected chi connectivity index (χ1v) is 9.46. The Balaban J connectivity index is 2.34. The highest BCUT2D eigenvalue weighted by Crippen LogP contribution is 2.29. The first-order valence-electron chi connectivity index (χ1n) is 9.46. The van der Waals surface area contributed by atoms with Gasteiger partial charge in [-0.3, -0.25) is 0 Å². The fraction of sp³-hybridized carbons (Fsp3) is 0.895. The summed E-state index contributed by atoms with van der Waals surface area (Å²) in [5, 5.41) is 9.41. The van der Waals surface area contributed by atoms with Gasteiger partial charge in [0, 0.05) is 12.8 Å². The third-order valence-electron chi connectivity index (χ3n) is 4.57. The van der Waals surface area contributed by atoms with Crippen LogP contribution < -0.4 is 0 Å². The molecule has 0 amide bonds. The van der Waals surface area contributed by atoms with Gasteiger partial charge in [0.2, 0.25) is 5.79 Å². The molecule has 0 atom stereocenters. The van der Waals surface area contributed by atoms with E-state index in [0.29, 0.717) is 19.4 Å². The van der Waals surface area contributed by atoms with Crippen molar-refractivity contribution < 1.29 is 19.9 Å². The Labute approximate surface area is 142 Å². The van der Waals surface area contributed by atoms with Gasteiger partial charge in [0.25, 0.3) is 0 Å². The smallest absolute Gasteiger partial charge is 0.233 e. The van der Waals surface area contributed by atoms with Crippen molar-refractivity contribution in [2.24, 2.45) is 0 Å². The SMILES string of the molecule is C=C(C)CCCCOOC1(OO)CCCCCCCCCCC1. The Morgan fingerprint density at radius 3 is 1.91 bits per heavy atom. The Hall–Kier alpha value is -0.420. The molecule has 4 nitrogen and oxygen atoms in total. The van der Waals surface area contributed by atoms with E-state index in [4.69, 9.17) is 14.7 Å². The van der Waals surface area contributed by atoms with E-state index in [2.05, 4.69) is 6.58 Å². The molecule has 0 saturated heterocycles. The van der Waals surface area contributed by atoms with E-state index in [-0.39, 0.29) is 0 Å². The van der Waals surface area contributed by atoms with Crippen LogP contribution in [0, 0.1) is 0 Å². The van der Waals surface area contributed by atoms with E-state index < -0.39 is 5.79 Å². The van der Waals surface area contributed by atoms with Gasteiger partial charge in [0.1, 0.15) is 0 Å². The lowest BCUT2D eigenvalue weighted by molar-refractivity contribution is -0.503. The molecule has 0 unspecified atom stereocenters. The molecule has 1 saturated carbocycles. The van der Waals surface area contributed by atoms with Crippen molar-refractivity contribution in [2.45, 2.75) is 103 Å². The molecule has 0 aromatic rings. The van der Waals surface area contributed by atoms with Crippen molar-refractivity contribution in [1.82, 2.24) is 0 Å². The molecule has 1 aliphatic rings. The van der Waals surface area contributed by atoms with Crippen LogP contribution in [0.1, 0.15) is 96.8 Å². The second kappa shape index (κ2) is 12.9. The minimum absolute atomic E-state index is 0.526. The molecule has 136 valence electrons. The van der Waals surface area contributed by atoms with Crippen molar-refractivity contribution in [3.63, 3.8) is 0 Å². The lowest BCUT2D eigenvalue weighted by Gasteiger charge is -2.29. The third kappa shape index (κ3) is 10.1. The monoisotopic (exact) mass is 328 g/mol. The van der Waals surface area contributed by atoms with Crippen LogP contribution in [-0.4, -0.2) is 17.7 Å². The van der Waals surface area contributed by atoms with E-state index in [0.717, 1.165) is 44.9 Å². The highest BCUT2D eigenvalue weighted by molar-refractivity contribution is 4.86. The van der Waals surface area contributed by atoms with Crippen LogP contribution in [0.4, 0.5) is 0 Å². The predicted molar refractivity (Wildman–Crippen MR) is 92.9 cm³/mol. The van der Waals surface area contributed by atoms with Crippen LogP contribution in [0.15, 0.2) is 12.2 Å². The number of unbranched alkanes of at least 4 members (excludes halogenated alkanes) is 1. The van der Waals surface area contributed by atoms with Crippen LogP contribution in [0.5, 0.6) is 0 Å². The molecule has 1 rings (SSSR count). The largest absolute Gasteiger partial charge is 0.249 e. The Bertz CT molecular complexity index is 292. The fourth-order valence-corrected chi connectivity index (χ4v) is 3.08. The number of rotatable bonds is 8. The predicted octanol–water partition coefficient (Wildman–Crippen LogP) is 6.17. The van der Waals surface area contributed by atoms with Crippen molar-refractivity contribution in [3.05, 3.63) is 12.2 Å². The number of hydrogen-bond donors (Lipinski definition) is 1. The van der Waals surface area contributed by atoms with E-state index >= 15 is 0 Å². The Kier molecular flexibility index (Phi) is 11.6. The summed E-state index contributed by atoms with van der Waals surface area (Å²) in [7, 11) is 0. The van der Waals surface area contributed by atoms with Gasteiger partial charge in [-0.1, -0.05) is 50.5 Å². The molecule has 0 aromatic heterocycles. The number of hydrogen-bond acceptors (Lipinski definition) is 4. The normalized spacial score (nSPS) is 20.4. The van der Waals surface area contributed by atoms with Gasteiger partial charge < -0.3 is 0 Å². The van der Waals surface area contributed by atoms with Crippen LogP contribution in [0.2, 0.25) is 0 Å². The Morgan fingerprint density at radius 2 is 1.43 bits per heavy atom. The summed E-state index contributed by atoms with van der Waals surface area (Å²) >= 11 is 0. The van der Waals surface area contributed by atoms with Gasteiger partial charge in [-0.25, -0.2) is 15.0 Å². The highest BCUT2D eigenvalue weighted by Gasteiger charge is 2.33. The standard InChI is InChI=1S/C19H36O4/c1-18(2)14-10-13-17-21-23-19(22-20)15-11-8-6-4-3-5-7-9-12-16-19/h20H,1,3-17H2,2H3. The average molecular weight is 328 g/mol. The molecular formula is C19H36O4. The quantitative estimate of drug-likeness (QED) is 0.190. The summed E-state index contributed by atoms with van der Waals surface area (Å²) < 4.78 is 0. The lowest BCUT2D eigenvalue weighted by atomic mass is 9.97. The summed E-state index contributed by atoms with van der Waals surface area (Å²) in [5.74, 6) is -0.979. The molecule has 0 bridgehead atoms. The minimum Gasteiger partial charge on any atom is -0.249 e. The number of allylic oxidation sites excluding steroid dienone is 1. The molecule has 0 heterocycles. The summed E-state index contributed by atoms with van der Waals surface area (Å²) in [6, 6.07) is 0. The van der Waals surface area contributed by atoms with Crippen LogP contribution in [0.25, 0.3) is 0 Å². The first-order chi connectivity index (χ1) is 11.2. The molecular weight excluding hydrogens is 292 g/mol. The third-order valence-corrected chi connectivity index (χ3v) is 4.57. The zero-order valence-corrected chi connectivity index (χ0v) is 15.0. The molecule has 0 aliphatic heterocycles. The van der Waals surface area contributed by atoms with Crippen LogP contribution in [-0.2, 0) is 14.7 Å². The maximum Gasteiger partial charge on any atom is 0.233 e. The van der Waals surface area contributed by atoms with Gasteiger partial charge in [-0.05, 0) is 39.0 Å². The molecule has 1 aliphatic carbocycles. The summed E-state index contributed by atoms with van der Waals surface area (Å²) in [6.45, 7) is 6.46. The van der Waals surface area contributed by atoms with Gasteiger partial charge in [-0.15, -0.1) is 6.58 Å². The van der Waals surface area contributed by atoms with Gasteiger partial charge in [-0.2, -0.15) is 4.89 Å². The molecule has 0 spiro atoms. The van der Waals surface area contributed by atoms with Gasteiger partial charge in [0.05, 0.1) is 6.61 Å². The van der Waals surface area contributed by atoms with Crippen LogP contribution >= 0.6 is 0 Å². The Morgan fingerprint density at radius 1 is 0.913 bits per heavy atom. The first kappa shape index (κ1) is 20.6. The molecule has 1 fully saturated rings. The van der Waals surface area contributed by atoms with Gasteiger partial charge >= 0.3 is 0 Å². The maximum atomic E-state index is 9.41. The second-order valence-corrected chi connectivity index (χ2v) is 7.00. The molecule has 1 N–H and O–H groups in total. The van der Waals surface area contributed by atoms with Crippen molar-refractivity contribution in [2.75, 3.05) is 6.61 Å². The molecule has 23 heavy (non-hydrogen) atoms. The lowest BCUT2D eigenvalue weighted by Crippen LogP contribution is -2.35. The van der Waals surface area contributed by atoms with Crippen LogP contribution in [0.3, 0.4) is 0 Å². The molecule has 0 aromatic carbocycles. The van der Waals surface area contributed by atoms with E-state index in [1.807, 2.05) is 6.92 Å². The summed E-state index contributed by atoms with van der Waals surface area (Å²) in [6.07, 6.45) is 15.2. The van der Waals surface area contributed by atoms with Crippen molar-refractivity contribution >= 4 is 0 Å². The highest BCUT2D eigenvalue weighted by atomic mass is 17.3. The van der Waals surface area contributed by atoms with Crippen molar-refractivity contribution in [3.8, 4) is 0 Å². The zero-order valence-electron chi connectivity index (χ0n) is 15.0. The van der Waals surface area contributed by atoms with E-state index in [1.54, 1.807) is 0 Å². The molecule has 4 heteroatoms. The van der Waals surface area contributed by atoms with E-state index in [1.165, 1.54) is 37.7 Å². The van der Waals surface area contributed by atoms with Crippen molar-refractivity contribution in [1.29, 1.82) is 0 Å². The van der Waals surface area contributed by atoms with Gasteiger partial charge in [0.15, 0.2) is 0 Å². The maximum absolute atomic E-state index is 9.41. The van der Waals surface area contributed by atoms with E-state index in [9.17, 15) is 5.26 Å². The average Bonchev–Trinajstić information content (AvgIpc) is 2.53. The summed E-state index contributed by atoms with van der Waals surface area (Å²) in [5.41, 5.74) is 1.19. The molecule has 0 radical (unpaired) electrons. The zero-order chi connectivity index (χ0) is 16.8. The fourth-order valence-electron chi connectivity index (χ4n) is 3.08.